The summed E-state index contributed by atoms with van der Waals surface area (Å²) in [7, 11) is -3.49. The van der Waals surface area contributed by atoms with E-state index >= 15 is 0 Å². The van der Waals surface area contributed by atoms with Gasteiger partial charge in [-0.1, -0.05) is 0 Å². The van der Waals surface area contributed by atoms with Crippen LogP contribution in [0.3, 0.4) is 0 Å². The van der Waals surface area contributed by atoms with Crippen molar-refractivity contribution in [3.05, 3.63) is 0 Å². The number of nitriles is 1. The number of piperazine rings is 1. The zero-order valence-electron chi connectivity index (χ0n) is 12.2. The summed E-state index contributed by atoms with van der Waals surface area (Å²) in [6.07, 6.45) is 1.36. The minimum atomic E-state index is -3.49. The standard InChI is InChI=1S/C12H20N6O2S/c1-9-8-17(7-5-15-9)12-10(21(2,19)20)11(14)18(16-12)6-3-4-13/h9,15H,3,5-8,14H2,1-2H3. The first kappa shape index (κ1) is 15.6. The number of nitrogens with one attached hydrogen (secondary N) is 1. The van der Waals surface area contributed by atoms with Crippen molar-refractivity contribution in [2.45, 2.75) is 30.8 Å². The van der Waals surface area contributed by atoms with E-state index in [0.717, 1.165) is 12.8 Å². The second kappa shape index (κ2) is 5.91. The lowest BCUT2D eigenvalue weighted by Crippen LogP contribution is -2.49. The summed E-state index contributed by atoms with van der Waals surface area (Å²) in [6.45, 7) is 4.41. The number of aryl methyl sites for hydroxylation is 1. The first-order chi connectivity index (χ1) is 9.84. The maximum atomic E-state index is 12.0. The highest BCUT2D eigenvalue weighted by atomic mass is 32.2. The van der Waals surface area contributed by atoms with E-state index in [-0.39, 0.29) is 29.7 Å². The summed E-state index contributed by atoms with van der Waals surface area (Å²) in [4.78, 5) is 1.99. The largest absolute Gasteiger partial charge is 0.383 e. The molecule has 0 radical (unpaired) electrons. The fourth-order valence-electron chi connectivity index (χ4n) is 2.46. The molecule has 1 atom stereocenters. The van der Waals surface area contributed by atoms with Crippen LogP contribution in [-0.2, 0) is 16.4 Å². The van der Waals surface area contributed by atoms with Crippen molar-refractivity contribution < 1.29 is 8.42 Å². The first-order valence-corrected chi connectivity index (χ1v) is 8.65. The topological polar surface area (TPSA) is 117 Å². The van der Waals surface area contributed by atoms with E-state index in [1.54, 1.807) is 0 Å². The van der Waals surface area contributed by atoms with Gasteiger partial charge in [-0.05, 0) is 6.92 Å². The van der Waals surface area contributed by atoms with E-state index in [1.807, 2.05) is 17.9 Å². The number of nitrogen functional groups attached to an aromatic ring is 1. The smallest absolute Gasteiger partial charge is 0.182 e. The van der Waals surface area contributed by atoms with Crippen molar-refractivity contribution >= 4 is 21.5 Å². The zero-order valence-corrected chi connectivity index (χ0v) is 13.0. The zero-order chi connectivity index (χ0) is 15.6. The fraction of sp³-hybridized carbons (Fsp3) is 0.667. The molecular weight excluding hydrogens is 292 g/mol. The predicted molar refractivity (Wildman–Crippen MR) is 79.7 cm³/mol. The summed E-state index contributed by atoms with van der Waals surface area (Å²) in [5, 5.41) is 16.3. The molecule has 0 aromatic carbocycles. The second-order valence-corrected chi connectivity index (χ2v) is 7.20. The average Bonchev–Trinajstić information content (AvgIpc) is 2.73. The molecule has 0 spiro atoms. The van der Waals surface area contributed by atoms with E-state index in [9.17, 15) is 8.42 Å². The Balaban J connectivity index is 2.46. The number of sulfone groups is 1. The van der Waals surface area contributed by atoms with Gasteiger partial charge in [0, 0.05) is 31.9 Å². The van der Waals surface area contributed by atoms with Crippen LogP contribution < -0.4 is 16.0 Å². The lowest BCUT2D eigenvalue weighted by atomic mass is 10.2. The van der Waals surface area contributed by atoms with Crippen molar-refractivity contribution in [2.75, 3.05) is 36.5 Å². The Morgan fingerprint density at radius 2 is 2.29 bits per heavy atom. The molecule has 116 valence electrons. The molecule has 1 aromatic heterocycles. The average molecular weight is 312 g/mol. The Labute approximate surface area is 124 Å². The van der Waals surface area contributed by atoms with Gasteiger partial charge in [0.2, 0.25) is 0 Å². The number of hydrogen-bond acceptors (Lipinski definition) is 7. The molecule has 3 N–H and O–H groups in total. The quantitative estimate of drug-likeness (QED) is 0.775. The molecule has 2 heterocycles. The van der Waals surface area contributed by atoms with Crippen LogP contribution in [-0.4, -0.2) is 50.1 Å². The number of hydrogen-bond donors (Lipinski definition) is 2. The van der Waals surface area contributed by atoms with Gasteiger partial charge < -0.3 is 16.0 Å². The number of nitrogens with two attached hydrogens (primary N) is 1. The molecular formula is C12H20N6O2S. The van der Waals surface area contributed by atoms with Gasteiger partial charge in [-0.3, -0.25) is 0 Å². The number of aromatic nitrogens is 2. The van der Waals surface area contributed by atoms with Crippen molar-refractivity contribution in [2.24, 2.45) is 0 Å². The van der Waals surface area contributed by atoms with Crippen molar-refractivity contribution in [1.82, 2.24) is 15.1 Å². The van der Waals surface area contributed by atoms with Crippen LogP contribution in [0.25, 0.3) is 0 Å². The summed E-state index contributed by atoms with van der Waals surface area (Å²) in [5.41, 5.74) is 5.94. The van der Waals surface area contributed by atoms with Crippen LogP contribution in [0, 0.1) is 11.3 Å². The molecule has 8 nitrogen and oxygen atoms in total. The molecule has 1 aliphatic heterocycles. The number of rotatable bonds is 4. The predicted octanol–water partition coefficient (Wildman–Crippen LogP) is -0.419. The fourth-order valence-corrected chi connectivity index (χ4v) is 3.45. The maximum Gasteiger partial charge on any atom is 0.182 e. The molecule has 1 aromatic rings. The molecule has 0 bridgehead atoms. The van der Waals surface area contributed by atoms with Gasteiger partial charge in [0.15, 0.2) is 20.6 Å². The summed E-state index contributed by atoms with van der Waals surface area (Å²) in [6, 6.07) is 2.25. The Bertz CT molecular complexity index is 660. The monoisotopic (exact) mass is 312 g/mol. The highest BCUT2D eigenvalue weighted by Crippen LogP contribution is 2.30. The molecule has 9 heteroatoms. The first-order valence-electron chi connectivity index (χ1n) is 6.76. The number of nitrogens with zero attached hydrogens (tertiary/aromatic N) is 4. The van der Waals surface area contributed by atoms with Crippen LogP contribution in [0.5, 0.6) is 0 Å². The molecule has 0 saturated carbocycles. The van der Waals surface area contributed by atoms with E-state index in [2.05, 4.69) is 10.4 Å². The third kappa shape index (κ3) is 3.28. The van der Waals surface area contributed by atoms with Crippen molar-refractivity contribution in [3.8, 4) is 6.07 Å². The highest BCUT2D eigenvalue weighted by Gasteiger charge is 2.29. The third-order valence-electron chi connectivity index (χ3n) is 3.40. The van der Waals surface area contributed by atoms with Gasteiger partial charge in [0.25, 0.3) is 0 Å². The molecule has 2 rings (SSSR count). The van der Waals surface area contributed by atoms with Crippen LogP contribution in [0.15, 0.2) is 4.90 Å². The van der Waals surface area contributed by atoms with Gasteiger partial charge in [0.1, 0.15) is 5.82 Å². The van der Waals surface area contributed by atoms with Crippen molar-refractivity contribution in [1.29, 1.82) is 5.26 Å². The van der Waals surface area contributed by atoms with E-state index in [4.69, 9.17) is 11.0 Å². The molecule has 1 aliphatic rings. The molecule has 1 saturated heterocycles. The molecule has 1 unspecified atom stereocenters. The van der Waals surface area contributed by atoms with Gasteiger partial charge in [-0.2, -0.15) is 10.4 Å². The van der Waals surface area contributed by atoms with Crippen LogP contribution in [0.4, 0.5) is 11.6 Å². The van der Waals surface area contributed by atoms with Gasteiger partial charge in [-0.25, -0.2) is 13.1 Å². The van der Waals surface area contributed by atoms with Crippen LogP contribution >= 0.6 is 0 Å². The lowest BCUT2D eigenvalue weighted by Gasteiger charge is -2.32. The van der Waals surface area contributed by atoms with E-state index < -0.39 is 9.84 Å². The normalized spacial score (nSPS) is 19.5. The van der Waals surface area contributed by atoms with Gasteiger partial charge in [-0.15, -0.1) is 0 Å². The minimum absolute atomic E-state index is 0.0644. The van der Waals surface area contributed by atoms with Gasteiger partial charge in [0.05, 0.1) is 19.0 Å². The molecule has 1 fully saturated rings. The van der Waals surface area contributed by atoms with Crippen LogP contribution in [0.1, 0.15) is 13.3 Å². The SMILES string of the molecule is CC1CN(c2nn(CCC#N)c(N)c2S(C)(=O)=O)CCN1. The third-order valence-corrected chi connectivity index (χ3v) is 4.54. The summed E-state index contributed by atoms with van der Waals surface area (Å²) >= 11 is 0. The Morgan fingerprint density at radius 3 is 2.86 bits per heavy atom. The number of anilines is 2. The van der Waals surface area contributed by atoms with E-state index in [1.165, 1.54) is 4.68 Å². The maximum absolute atomic E-state index is 12.0. The minimum Gasteiger partial charge on any atom is -0.383 e. The Hall–Kier alpha value is -1.79. The summed E-state index contributed by atoms with van der Waals surface area (Å²) < 4.78 is 25.5. The Morgan fingerprint density at radius 1 is 1.57 bits per heavy atom. The van der Waals surface area contributed by atoms with Crippen LogP contribution in [0.2, 0.25) is 0 Å². The lowest BCUT2D eigenvalue weighted by molar-refractivity contribution is 0.478. The Kier molecular flexibility index (Phi) is 4.39. The van der Waals surface area contributed by atoms with E-state index in [0.29, 0.717) is 18.9 Å². The molecule has 0 aliphatic carbocycles. The highest BCUT2D eigenvalue weighted by molar-refractivity contribution is 7.91. The van der Waals surface area contributed by atoms with Crippen molar-refractivity contribution in [3.63, 3.8) is 0 Å². The van der Waals surface area contributed by atoms with Gasteiger partial charge >= 0.3 is 0 Å². The second-order valence-electron chi connectivity index (χ2n) is 5.24. The molecule has 21 heavy (non-hydrogen) atoms. The molecule has 0 amide bonds. The summed E-state index contributed by atoms with van der Waals surface area (Å²) in [5.74, 6) is 0.496.